The molecule has 0 spiro atoms. The molecule has 0 aliphatic heterocycles. The highest BCUT2D eigenvalue weighted by Gasteiger charge is 2.35. The van der Waals surface area contributed by atoms with Crippen LogP contribution in [0.5, 0.6) is 0 Å². The number of amides is 2. The third-order valence-electron chi connectivity index (χ3n) is 7.87. The van der Waals surface area contributed by atoms with Crippen molar-refractivity contribution in [3.63, 3.8) is 0 Å². The predicted molar refractivity (Wildman–Crippen MR) is 180 cm³/mol. The minimum absolute atomic E-state index is 0.0315. The van der Waals surface area contributed by atoms with Crippen molar-refractivity contribution in [2.75, 3.05) is 6.54 Å². The average molecular weight is 685 g/mol. The molecule has 0 saturated heterocycles. The summed E-state index contributed by atoms with van der Waals surface area (Å²) in [5, 5.41) is 13.7. The van der Waals surface area contributed by atoms with E-state index in [4.69, 9.17) is 27.3 Å². The van der Waals surface area contributed by atoms with Crippen molar-refractivity contribution >= 4 is 45.5 Å². The van der Waals surface area contributed by atoms with E-state index in [1.807, 2.05) is 36.4 Å². The first-order chi connectivity index (χ1) is 21.4. The molecule has 0 bridgehead atoms. The van der Waals surface area contributed by atoms with E-state index in [1.54, 1.807) is 26.0 Å². The Balaban J connectivity index is 1.88. The third kappa shape index (κ3) is 11.5. The van der Waals surface area contributed by atoms with E-state index in [9.17, 15) is 14.4 Å². The molecule has 1 saturated carbocycles. The van der Waals surface area contributed by atoms with Crippen LogP contribution in [-0.2, 0) is 25.5 Å². The fraction of sp³-hybridized carbons (Fsp3) is 0.485. The summed E-state index contributed by atoms with van der Waals surface area (Å²) in [5.74, 6) is -2.01. The van der Waals surface area contributed by atoms with Gasteiger partial charge in [-0.05, 0) is 75.1 Å². The first kappa shape index (κ1) is 35.5. The molecular weight excluding hydrogens is 638 g/mol. The van der Waals surface area contributed by atoms with E-state index in [0.29, 0.717) is 24.9 Å². The van der Waals surface area contributed by atoms with Gasteiger partial charge >= 0.3 is 5.97 Å². The van der Waals surface area contributed by atoms with Gasteiger partial charge in [0.1, 0.15) is 17.9 Å². The Bertz CT molecular complexity index is 1340. The molecule has 0 heterocycles. The van der Waals surface area contributed by atoms with E-state index in [2.05, 4.69) is 31.6 Å². The van der Waals surface area contributed by atoms with Gasteiger partial charge in [0.2, 0.25) is 11.8 Å². The summed E-state index contributed by atoms with van der Waals surface area (Å²) in [6.07, 6.45) is 5.30. The Hall–Kier alpha value is -3.93. The van der Waals surface area contributed by atoms with Gasteiger partial charge in [0.25, 0.3) is 0 Å². The van der Waals surface area contributed by atoms with E-state index >= 15 is 0 Å². The highest BCUT2D eigenvalue weighted by molar-refractivity contribution is 9.10. The molecule has 3 rings (SSSR count). The number of rotatable bonds is 15. The lowest BCUT2D eigenvalue weighted by atomic mass is 9.82. The minimum Gasteiger partial charge on any atom is -0.461 e. The van der Waals surface area contributed by atoms with Crippen LogP contribution in [0, 0.1) is 11.3 Å². The molecule has 244 valence electrons. The van der Waals surface area contributed by atoms with E-state index in [0.717, 1.165) is 47.7 Å². The highest BCUT2D eigenvalue weighted by Crippen LogP contribution is 2.29. The molecule has 3 unspecified atom stereocenters. The van der Waals surface area contributed by atoms with Crippen LogP contribution in [0.2, 0.25) is 0 Å². The lowest BCUT2D eigenvalue weighted by Crippen LogP contribution is -2.56. The van der Waals surface area contributed by atoms with Crippen LogP contribution in [-0.4, -0.2) is 54.3 Å². The fourth-order valence-corrected chi connectivity index (χ4v) is 6.01. The summed E-state index contributed by atoms with van der Waals surface area (Å²) in [4.78, 5) is 45.1. The number of amidine groups is 1. The van der Waals surface area contributed by atoms with Gasteiger partial charge in [0.15, 0.2) is 5.96 Å². The number of nitrogens with one attached hydrogen (secondary N) is 3. The van der Waals surface area contributed by atoms with Crippen LogP contribution in [0.1, 0.15) is 81.4 Å². The molecule has 2 aromatic carbocycles. The van der Waals surface area contributed by atoms with Gasteiger partial charge in [-0.1, -0.05) is 71.6 Å². The normalized spacial score (nSPS) is 15.4. The molecule has 1 fully saturated rings. The second-order valence-electron chi connectivity index (χ2n) is 11.8. The topological polar surface area (TPSA) is 199 Å². The van der Waals surface area contributed by atoms with Gasteiger partial charge in [0, 0.05) is 16.6 Å². The summed E-state index contributed by atoms with van der Waals surface area (Å²) < 4.78 is 6.27. The molecule has 12 heteroatoms. The number of halogens is 1. The molecule has 2 amide bonds. The summed E-state index contributed by atoms with van der Waals surface area (Å²) in [6.45, 7) is 3.79. The van der Waals surface area contributed by atoms with Crippen LogP contribution >= 0.6 is 15.9 Å². The Morgan fingerprint density at radius 1 is 1.00 bits per heavy atom. The van der Waals surface area contributed by atoms with Crippen molar-refractivity contribution in [1.29, 1.82) is 5.41 Å². The van der Waals surface area contributed by atoms with Gasteiger partial charge in [-0.2, -0.15) is 0 Å². The Morgan fingerprint density at radius 2 is 1.69 bits per heavy atom. The number of nitrogen functional groups attached to an aromatic ring is 1. The van der Waals surface area contributed by atoms with Crippen LogP contribution in [0.4, 0.5) is 0 Å². The highest BCUT2D eigenvalue weighted by atomic mass is 79.9. The largest absolute Gasteiger partial charge is 0.461 e. The van der Waals surface area contributed by atoms with Crippen LogP contribution in [0.25, 0.3) is 0 Å². The van der Waals surface area contributed by atoms with Crippen LogP contribution < -0.4 is 27.8 Å². The lowest BCUT2D eigenvalue weighted by molar-refractivity contribution is -0.152. The maximum atomic E-state index is 14.1. The first-order valence-electron chi connectivity index (χ1n) is 15.5. The molecule has 9 N–H and O–H groups in total. The maximum Gasteiger partial charge on any atom is 0.328 e. The molecule has 11 nitrogen and oxygen atoms in total. The number of benzene rings is 2. The second kappa shape index (κ2) is 17.5. The number of carbonyl (C=O) groups excluding carboxylic acids is 3. The van der Waals surface area contributed by atoms with Crippen molar-refractivity contribution in [1.82, 2.24) is 10.6 Å². The number of carbonyl (C=O) groups is 3. The van der Waals surface area contributed by atoms with E-state index < -0.39 is 29.9 Å². The zero-order valence-corrected chi connectivity index (χ0v) is 27.6. The van der Waals surface area contributed by atoms with Gasteiger partial charge in [-0.25, -0.2) is 4.79 Å². The van der Waals surface area contributed by atoms with Crippen LogP contribution in [0.15, 0.2) is 58.0 Å². The molecule has 2 aromatic rings. The van der Waals surface area contributed by atoms with Crippen molar-refractivity contribution in [3.05, 3.63) is 69.7 Å². The summed E-state index contributed by atoms with van der Waals surface area (Å²) >= 11 is 3.52. The molecule has 0 radical (unpaired) electrons. The maximum absolute atomic E-state index is 14.1. The number of nitrogens with zero attached hydrogens (tertiary/aromatic N) is 1. The lowest BCUT2D eigenvalue weighted by Gasteiger charge is -2.32. The monoisotopic (exact) mass is 683 g/mol. The quantitative estimate of drug-likeness (QED) is 0.0712. The van der Waals surface area contributed by atoms with Crippen molar-refractivity contribution in [3.8, 4) is 0 Å². The summed E-state index contributed by atoms with van der Waals surface area (Å²) in [5.41, 5.74) is 18.8. The smallest absolute Gasteiger partial charge is 0.328 e. The minimum atomic E-state index is -0.919. The molecule has 45 heavy (non-hydrogen) atoms. The first-order valence-corrected chi connectivity index (χ1v) is 16.3. The second-order valence-corrected chi connectivity index (χ2v) is 12.7. The van der Waals surface area contributed by atoms with Gasteiger partial charge in [-0.15, -0.1) is 0 Å². The number of esters is 1. The zero-order chi connectivity index (χ0) is 32.9. The number of nitrogens with two attached hydrogens (primary N) is 3. The van der Waals surface area contributed by atoms with Gasteiger partial charge in [0.05, 0.1) is 12.0 Å². The SMILES string of the molecule is CC(C)OC(=O)C(CCCN=C(N)N)NC(=O)C(NC(=O)C(Cc1ccc(C(=N)N)cc1)c1cccc(Br)c1)C1CCCCC1. The number of ether oxygens (including phenoxy) is 1. The number of hydrogen-bond acceptors (Lipinski definition) is 6. The number of guanidine groups is 1. The number of hydrogen-bond donors (Lipinski definition) is 6. The summed E-state index contributed by atoms with van der Waals surface area (Å²) in [6, 6.07) is 13.0. The van der Waals surface area contributed by atoms with E-state index in [-0.39, 0.29) is 36.1 Å². The van der Waals surface area contributed by atoms with Gasteiger partial charge < -0.3 is 32.6 Å². The Kier molecular flexibility index (Phi) is 13.8. The number of aliphatic imine (C=N–C) groups is 1. The Morgan fingerprint density at radius 3 is 2.29 bits per heavy atom. The zero-order valence-electron chi connectivity index (χ0n) is 26.1. The summed E-state index contributed by atoms with van der Waals surface area (Å²) in [7, 11) is 0. The molecule has 3 atom stereocenters. The standard InChI is InChI=1S/C33H46BrN7O4/c1-20(2)45-32(44)27(12-7-17-39-33(37)38)40-31(43)28(22-8-4-3-5-9-22)41-30(42)26(24-10-6-11-25(34)19-24)18-21-13-15-23(16-14-21)29(35)36/h6,10-11,13-16,19-20,22,26-28H,3-5,7-9,12,17-18H2,1-2H3,(H3,35,36)(H,40,43)(H,41,42)(H4,37,38,39). The van der Waals surface area contributed by atoms with Gasteiger partial charge in [-0.3, -0.25) is 20.0 Å². The average Bonchev–Trinajstić information content (AvgIpc) is 3.00. The third-order valence-corrected chi connectivity index (χ3v) is 8.37. The van der Waals surface area contributed by atoms with Crippen molar-refractivity contribution in [2.45, 2.75) is 89.3 Å². The van der Waals surface area contributed by atoms with Crippen molar-refractivity contribution < 1.29 is 19.1 Å². The fourth-order valence-electron chi connectivity index (χ4n) is 5.59. The molecule has 1 aliphatic carbocycles. The van der Waals surface area contributed by atoms with E-state index in [1.165, 1.54) is 0 Å². The Labute approximate surface area is 273 Å². The van der Waals surface area contributed by atoms with Crippen LogP contribution in [0.3, 0.4) is 0 Å². The predicted octanol–water partition coefficient (Wildman–Crippen LogP) is 3.61. The molecule has 0 aromatic heterocycles. The van der Waals surface area contributed by atoms with Crippen molar-refractivity contribution in [2.24, 2.45) is 28.1 Å². The molecule has 1 aliphatic rings. The molecular formula is C33H46BrN7O4.